The molecule has 0 aliphatic rings. The molecule has 162 valence electrons. The lowest BCUT2D eigenvalue weighted by atomic mass is 10.1. The maximum atomic E-state index is 13.0. The highest BCUT2D eigenvalue weighted by molar-refractivity contribution is 7.92. The van der Waals surface area contributed by atoms with Crippen LogP contribution in [0.15, 0.2) is 77.7 Å². The molecule has 3 rings (SSSR count). The van der Waals surface area contributed by atoms with Crippen molar-refractivity contribution in [3.05, 3.63) is 83.9 Å². The van der Waals surface area contributed by atoms with Gasteiger partial charge in [-0.25, -0.2) is 8.42 Å². The maximum absolute atomic E-state index is 13.0. The molecule has 0 spiro atoms. The van der Waals surface area contributed by atoms with Crippen molar-refractivity contribution in [2.75, 3.05) is 23.7 Å². The summed E-state index contributed by atoms with van der Waals surface area (Å²) in [5.74, 6) is 0.446. The number of hydrogen-bond acceptors (Lipinski definition) is 4. The summed E-state index contributed by atoms with van der Waals surface area (Å²) in [4.78, 5) is 0.162. The first kappa shape index (κ1) is 22.6. The third kappa shape index (κ3) is 6.19. The van der Waals surface area contributed by atoms with Crippen molar-refractivity contribution in [1.82, 2.24) is 5.32 Å². The van der Waals surface area contributed by atoms with Crippen molar-refractivity contribution >= 4 is 38.7 Å². The molecule has 0 amide bonds. The molecule has 31 heavy (non-hydrogen) atoms. The Kier molecular flexibility index (Phi) is 7.49. The monoisotopic (exact) mass is 455 g/mol. The number of methoxy groups -OCH3 is 1. The second-order valence-corrected chi connectivity index (χ2v) is 8.96. The number of para-hydroxylation sites is 2. The Hall–Kier alpha value is -3.10. The third-order valence-corrected chi connectivity index (χ3v) is 6.38. The van der Waals surface area contributed by atoms with Crippen LogP contribution in [0.25, 0.3) is 0 Å². The summed E-state index contributed by atoms with van der Waals surface area (Å²) in [7, 11) is -2.33. The fourth-order valence-corrected chi connectivity index (χ4v) is 4.60. The molecule has 0 heterocycles. The molecule has 0 aromatic heterocycles. The van der Waals surface area contributed by atoms with E-state index in [1.54, 1.807) is 49.4 Å². The van der Waals surface area contributed by atoms with E-state index in [2.05, 4.69) is 27.5 Å². The van der Waals surface area contributed by atoms with Gasteiger partial charge in [0.1, 0.15) is 5.75 Å². The third-order valence-electron chi connectivity index (χ3n) is 4.63. The fraction of sp³-hybridized carbons (Fsp3) is 0.174. The highest BCUT2D eigenvalue weighted by Gasteiger charge is 2.19. The lowest BCUT2D eigenvalue weighted by Crippen LogP contribution is -2.30. The SMILES string of the molecule is COc1ccccc1NS(=O)(=O)c1cc(NC(=S)NCCc2ccccc2)ccc1C. The summed E-state index contributed by atoms with van der Waals surface area (Å²) in [5.41, 5.74) is 2.80. The average Bonchev–Trinajstić information content (AvgIpc) is 2.76. The molecule has 3 N–H and O–H groups in total. The second kappa shape index (κ2) is 10.3. The summed E-state index contributed by atoms with van der Waals surface area (Å²) in [6.07, 6.45) is 0.832. The lowest BCUT2D eigenvalue weighted by Gasteiger charge is -2.15. The van der Waals surface area contributed by atoms with Crippen LogP contribution in [0, 0.1) is 6.92 Å². The first-order valence-corrected chi connectivity index (χ1v) is 11.6. The highest BCUT2D eigenvalue weighted by Crippen LogP contribution is 2.28. The summed E-state index contributed by atoms with van der Waals surface area (Å²) < 4.78 is 33.9. The van der Waals surface area contributed by atoms with Crippen LogP contribution in [0.4, 0.5) is 11.4 Å². The summed E-state index contributed by atoms with van der Waals surface area (Å²) >= 11 is 5.35. The molecule has 0 aliphatic carbocycles. The van der Waals surface area contributed by atoms with Gasteiger partial charge in [0.25, 0.3) is 10.0 Å². The minimum atomic E-state index is -3.82. The number of nitrogens with one attached hydrogen (secondary N) is 3. The van der Waals surface area contributed by atoms with Gasteiger partial charge in [-0.05, 0) is 61.0 Å². The minimum absolute atomic E-state index is 0.162. The largest absolute Gasteiger partial charge is 0.495 e. The van der Waals surface area contributed by atoms with Crippen LogP contribution in [-0.4, -0.2) is 27.2 Å². The first-order chi connectivity index (χ1) is 14.9. The van der Waals surface area contributed by atoms with Crippen LogP contribution >= 0.6 is 12.2 Å². The number of sulfonamides is 1. The van der Waals surface area contributed by atoms with Gasteiger partial charge in [0.05, 0.1) is 17.7 Å². The Labute approximate surface area is 188 Å². The van der Waals surface area contributed by atoms with E-state index < -0.39 is 10.0 Å². The smallest absolute Gasteiger partial charge is 0.262 e. The van der Waals surface area contributed by atoms with Crippen molar-refractivity contribution in [2.24, 2.45) is 0 Å². The normalized spacial score (nSPS) is 10.9. The van der Waals surface area contributed by atoms with E-state index >= 15 is 0 Å². The molecule has 0 aliphatic heterocycles. The van der Waals surface area contributed by atoms with Crippen molar-refractivity contribution in [3.63, 3.8) is 0 Å². The van der Waals surface area contributed by atoms with Gasteiger partial charge in [0.2, 0.25) is 0 Å². The number of hydrogen-bond donors (Lipinski definition) is 3. The minimum Gasteiger partial charge on any atom is -0.495 e. The topological polar surface area (TPSA) is 79.5 Å². The molecular formula is C23H25N3O3S2. The Morgan fingerprint density at radius 2 is 1.71 bits per heavy atom. The Morgan fingerprint density at radius 3 is 2.45 bits per heavy atom. The van der Waals surface area contributed by atoms with E-state index in [0.29, 0.717) is 34.3 Å². The predicted molar refractivity (Wildman–Crippen MR) is 129 cm³/mol. The van der Waals surface area contributed by atoms with Gasteiger partial charge in [0.15, 0.2) is 5.11 Å². The maximum Gasteiger partial charge on any atom is 0.262 e. The number of rotatable bonds is 8. The molecule has 0 saturated carbocycles. The quantitative estimate of drug-likeness (QED) is 0.439. The van der Waals surface area contributed by atoms with Crippen LogP contribution in [-0.2, 0) is 16.4 Å². The molecule has 3 aromatic carbocycles. The first-order valence-electron chi connectivity index (χ1n) is 9.74. The zero-order valence-corrected chi connectivity index (χ0v) is 19.0. The lowest BCUT2D eigenvalue weighted by molar-refractivity contribution is 0.417. The summed E-state index contributed by atoms with van der Waals surface area (Å²) in [5, 5.41) is 6.64. The number of benzene rings is 3. The number of anilines is 2. The average molecular weight is 456 g/mol. The van der Waals surface area contributed by atoms with Crippen LogP contribution in [0.2, 0.25) is 0 Å². The van der Waals surface area contributed by atoms with Crippen LogP contribution < -0.4 is 20.1 Å². The van der Waals surface area contributed by atoms with E-state index in [1.807, 2.05) is 18.2 Å². The van der Waals surface area contributed by atoms with Gasteiger partial charge in [-0.1, -0.05) is 48.5 Å². The van der Waals surface area contributed by atoms with Gasteiger partial charge in [0, 0.05) is 12.2 Å². The Balaban J connectivity index is 1.68. The zero-order valence-electron chi connectivity index (χ0n) is 17.4. The molecule has 0 unspecified atom stereocenters. The number of ether oxygens (including phenoxy) is 1. The van der Waals surface area contributed by atoms with E-state index in [0.717, 1.165) is 6.42 Å². The van der Waals surface area contributed by atoms with E-state index in [-0.39, 0.29) is 4.90 Å². The standard InChI is InChI=1S/C23H25N3O3S2/c1-17-12-13-19(25-23(30)24-15-14-18-8-4-3-5-9-18)16-22(17)31(27,28)26-20-10-6-7-11-21(20)29-2/h3-13,16,26H,14-15H2,1-2H3,(H2,24,25,30). The molecule has 3 aromatic rings. The van der Waals surface area contributed by atoms with E-state index in [9.17, 15) is 8.42 Å². The zero-order chi connectivity index (χ0) is 22.3. The Morgan fingerprint density at radius 1 is 1.00 bits per heavy atom. The summed E-state index contributed by atoms with van der Waals surface area (Å²) in [6.45, 7) is 2.42. The number of thiocarbonyl (C=S) groups is 1. The molecule has 0 atom stereocenters. The van der Waals surface area contributed by atoms with Crippen molar-refractivity contribution in [2.45, 2.75) is 18.2 Å². The van der Waals surface area contributed by atoms with E-state index in [4.69, 9.17) is 17.0 Å². The molecule has 0 fully saturated rings. The molecule has 0 bridgehead atoms. The highest BCUT2D eigenvalue weighted by atomic mass is 32.2. The van der Waals surface area contributed by atoms with Crippen LogP contribution in [0.5, 0.6) is 5.75 Å². The summed E-state index contributed by atoms with van der Waals surface area (Å²) in [6, 6.07) is 22.1. The second-order valence-electron chi connectivity index (χ2n) is 6.90. The van der Waals surface area contributed by atoms with Gasteiger partial charge >= 0.3 is 0 Å². The van der Waals surface area contributed by atoms with Gasteiger partial charge < -0.3 is 15.4 Å². The molecule has 0 saturated heterocycles. The van der Waals surface area contributed by atoms with Gasteiger partial charge in [-0.2, -0.15) is 0 Å². The molecular weight excluding hydrogens is 430 g/mol. The van der Waals surface area contributed by atoms with Crippen LogP contribution in [0.1, 0.15) is 11.1 Å². The Bertz CT molecular complexity index is 1150. The molecule has 0 radical (unpaired) electrons. The fourth-order valence-electron chi connectivity index (χ4n) is 3.04. The van der Waals surface area contributed by atoms with Crippen molar-refractivity contribution in [1.29, 1.82) is 0 Å². The van der Waals surface area contributed by atoms with Crippen LogP contribution in [0.3, 0.4) is 0 Å². The van der Waals surface area contributed by atoms with Crippen molar-refractivity contribution < 1.29 is 13.2 Å². The number of aryl methyl sites for hydroxylation is 1. The van der Waals surface area contributed by atoms with E-state index in [1.165, 1.54) is 12.7 Å². The molecule has 6 nitrogen and oxygen atoms in total. The molecule has 8 heteroatoms. The van der Waals surface area contributed by atoms with Gasteiger partial charge in [-0.15, -0.1) is 0 Å². The van der Waals surface area contributed by atoms with Gasteiger partial charge in [-0.3, -0.25) is 4.72 Å². The predicted octanol–water partition coefficient (Wildman–Crippen LogP) is 4.33. The van der Waals surface area contributed by atoms with Crippen molar-refractivity contribution in [3.8, 4) is 5.75 Å².